The van der Waals surface area contributed by atoms with Gasteiger partial charge in [-0.1, -0.05) is 49.2 Å². The molecule has 0 aliphatic carbocycles. The second-order valence-electron chi connectivity index (χ2n) is 10.4. The number of nitrogens with one attached hydrogen (secondary N) is 1. The van der Waals surface area contributed by atoms with Crippen molar-refractivity contribution >= 4 is 27.8 Å². The van der Waals surface area contributed by atoms with Crippen molar-refractivity contribution in [1.29, 1.82) is 0 Å². The second kappa shape index (κ2) is 9.98. The van der Waals surface area contributed by atoms with Crippen LogP contribution >= 0.6 is 0 Å². The Hall–Kier alpha value is -2.92. The Labute approximate surface area is 209 Å². The number of hydrogen-bond acceptors (Lipinski definition) is 4. The highest BCUT2D eigenvalue weighted by atomic mass is 15.1. The van der Waals surface area contributed by atoms with Crippen molar-refractivity contribution in [2.75, 3.05) is 25.0 Å². The molecular formula is C30H39N5. The summed E-state index contributed by atoms with van der Waals surface area (Å²) in [6.07, 6.45) is 6.28. The average molecular weight is 470 g/mol. The predicted octanol–water partition coefficient (Wildman–Crippen LogP) is 6.87. The molecule has 1 aliphatic rings. The highest BCUT2D eigenvalue weighted by molar-refractivity contribution is 6.13. The van der Waals surface area contributed by atoms with Gasteiger partial charge in [0, 0.05) is 18.0 Å². The molecular weight excluding hydrogens is 430 g/mol. The lowest BCUT2D eigenvalue weighted by Crippen LogP contribution is -2.34. The van der Waals surface area contributed by atoms with Gasteiger partial charge in [-0.15, -0.1) is 0 Å². The summed E-state index contributed by atoms with van der Waals surface area (Å²) in [5.41, 5.74) is 7.22. The van der Waals surface area contributed by atoms with Crippen molar-refractivity contribution < 1.29 is 0 Å². The van der Waals surface area contributed by atoms with E-state index in [0.29, 0.717) is 6.04 Å². The van der Waals surface area contributed by atoms with E-state index in [1.807, 2.05) is 6.92 Å². The van der Waals surface area contributed by atoms with Crippen molar-refractivity contribution in [3.05, 3.63) is 58.9 Å². The number of aryl methyl sites for hydroxylation is 4. The van der Waals surface area contributed by atoms with Gasteiger partial charge in [0.1, 0.15) is 11.6 Å². The normalized spacial score (nSPS) is 15.7. The molecule has 35 heavy (non-hydrogen) atoms. The average Bonchev–Trinajstić information content (AvgIpc) is 3.15. The molecule has 0 amide bonds. The quantitative estimate of drug-likeness (QED) is 0.321. The van der Waals surface area contributed by atoms with Gasteiger partial charge in [0.25, 0.3) is 0 Å². The molecule has 0 bridgehead atoms. The Kier molecular flexibility index (Phi) is 6.79. The number of piperidine rings is 1. The number of anilines is 1. The largest absolute Gasteiger partial charge is 0.367 e. The Morgan fingerprint density at radius 3 is 2.37 bits per heavy atom. The summed E-state index contributed by atoms with van der Waals surface area (Å²) in [6, 6.07) is 13.6. The first-order chi connectivity index (χ1) is 17.0. The zero-order valence-corrected chi connectivity index (χ0v) is 22.0. The van der Waals surface area contributed by atoms with Crippen molar-refractivity contribution in [3.8, 4) is 5.69 Å². The molecule has 2 aromatic carbocycles. The van der Waals surface area contributed by atoms with E-state index in [9.17, 15) is 0 Å². The summed E-state index contributed by atoms with van der Waals surface area (Å²) in [4.78, 5) is 12.6. The van der Waals surface area contributed by atoms with Crippen molar-refractivity contribution in [2.24, 2.45) is 0 Å². The molecule has 1 fully saturated rings. The third-order valence-electron chi connectivity index (χ3n) is 7.56. The number of nitrogens with zero attached hydrogens (tertiary/aromatic N) is 4. The van der Waals surface area contributed by atoms with Gasteiger partial charge >= 0.3 is 0 Å². The van der Waals surface area contributed by atoms with Crippen molar-refractivity contribution in [2.45, 2.75) is 72.8 Å². The lowest BCUT2D eigenvalue weighted by atomic mass is 10.0. The smallest absolute Gasteiger partial charge is 0.151 e. The molecule has 1 aliphatic heterocycles. The third-order valence-corrected chi connectivity index (χ3v) is 7.56. The molecule has 0 radical (unpaired) electrons. The second-order valence-corrected chi connectivity index (χ2v) is 10.4. The van der Waals surface area contributed by atoms with E-state index in [2.05, 4.69) is 78.9 Å². The molecule has 4 aromatic rings. The van der Waals surface area contributed by atoms with Crippen LogP contribution in [-0.2, 0) is 0 Å². The number of likely N-dealkylation sites (tertiary alicyclic amines) is 1. The molecule has 1 N–H and O–H groups in total. The summed E-state index contributed by atoms with van der Waals surface area (Å²) in [5, 5.41) is 6.19. The van der Waals surface area contributed by atoms with Crippen LogP contribution in [0.15, 0.2) is 36.4 Å². The van der Waals surface area contributed by atoms with Crippen LogP contribution in [0.25, 0.3) is 27.6 Å². The monoisotopic (exact) mass is 469 g/mol. The zero-order chi connectivity index (χ0) is 24.5. The van der Waals surface area contributed by atoms with Crippen LogP contribution in [0.1, 0.15) is 61.5 Å². The van der Waals surface area contributed by atoms with E-state index in [1.54, 1.807) is 0 Å². The van der Waals surface area contributed by atoms with Gasteiger partial charge in [-0.25, -0.2) is 9.97 Å². The molecule has 0 spiro atoms. The standard InChI is InChI=1S/C30H39N5/c1-6-24(14-17-34-15-10-7-11-16-34)33-29-27-25-12-8-9-13-26(25)35(30(27)32-23(5)31-29)28-21(3)18-20(2)19-22(28)4/h8-9,12-13,18-19,24H,6-7,10-11,14-17H2,1-5H3,(H,31,32,33). The molecule has 184 valence electrons. The minimum Gasteiger partial charge on any atom is -0.367 e. The van der Waals surface area contributed by atoms with Gasteiger partial charge in [-0.3, -0.25) is 4.57 Å². The SMILES string of the molecule is CCC(CCN1CCCCC1)Nc1nc(C)nc2c1c1ccccc1n2-c1c(C)cc(C)cc1C. The van der Waals surface area contributed by atoms with Crippen LogP contribution in [0.2, 0.25) is 0 Å². The molecule has 3 heterocycles. The fraction of sp³-hybridized carbons (Fsp3) is 0.467. The number of benzene rings is 2. The molecule has 1 atom stereocenters. The van der Waals surface area contributed by atoms with Crippen molar-refractivity contribution in [1.82, 2.24) is 19.4 Å². The minimum atomic E-state index is 0.388. The van der Waals surface area contributed by atoms with Crippen LogP contribution in [-0.4, -0.2) is 45.1 Å². The lowest BCUT2D eigenvalue weighted by molar-refractivity contribution is 0.222. The maximum atomic E-state index is 5.01. The van der Waals surface area contributed by atoms with Crippen LogP contribution in [0.5, 0.6) is 0 Å². The predicted molar refractivity (Wildman–Crippen MR) is 148 cm³/mol. The van der Waals surface area contributed by atoms with E-state index >= 15 is 0 Å². The van der Waals surface area contributed by atoms with Gasteiger partial charge in [-0.05, 0) is 83.7 Å². The van der Waals surface area contributed by atoms with Gasteiger partial charge in [0.2, 0.25) is 0 Å². The molecule has 1 unspecified atom stereocenters. The van der Waals surface area contributed by atoms with Crippen molar-refractivity contribution in [3.63, 3.8) is 0 Å². The summed E-state index contributed by atoms with van der Waals surface area (Å²) in [5.74, 6) is 1.77. The summed E-state index contributed by atoms with van der Waals surface area (Å²) >= 11 is 0. The van der Waals surface area contributed by atoms with Crippen LogP contribution in [0, 0.1) is 27.7 Å². The number of rotatable bonds is 7. The summed E-state index contributed by atoms with van der Waals surface area (Å²) in [7, 11) is 0. The Morgan fingerprint density at radius 2 is 1.66 bits per heavy atom. The third kappa shape index (κ3) is 4.66. The summed E-state index contributed by atoms with van der Waals surface area (Å²) < 4.78 is 2.35. The van der Waals surface area contributed by atoms with Gasteiger partial charge in [0.05, 0.1) is 16.6 Å². The Morgan fingerprint density at radius 1 is 0.943 bits per heavy atom. The van der Waals surface area contributed by atoms with Gasteiger partial charge in [-0.2, -0.15) is 0 Å². The highest BCUT2D eigenvalue weighted by Crippen LogP contribution is 2.37. The Balaban J connectivity index is 1.61. The molecule has 5 rings (SSSR count). The summed E-state index contributed by atoms with van der Waals surface area (Å²) in [6.45, 7) is 14.5. The van der Waals surface area contributed by atoms with Crippen LogP contribution < -0.4 is 5.32 Å². The van der Waals surface area contributed by atoms with Crippen LogP contribution in [0.4, 0.5) is 5.82 Å². The lowest BCUT2D eigenvalue weighted by Gasteiger charge is -2.28. The topological polar surface area (TPSA) is 46.0 Å². The number of aromatic nitrogens is 3. The van der Waals surface area contributed by atoms with E-state index in [4.69, 9.17) is 9.97 Å². The van der Waals surface area contributed by atoms with E-state index in [0.717, 1.165) is 42.1 Å². The number of para-hydroxylation sites is 1. The first-order valence-corrected chi connectivity index (χ1v) is 13.3. The maximum absolute atomic E-state index is 5.01. The zero-order valence-electron chi connectivity index (χ0n) is 22.0. The van der Waals surface area contributed by atoms with E-state index in [1.165, 1.54) is 65.6 Å². The molecule has 1 saturated heterocycles. The fourth-order valence-electron chi connectivity index (χ4n) is 5.91. The molecule has 0 saturated carbocycles. The number of hydrogen-bond donors (Lipinski definition) is 1. The molecule has 5 nitrogen and oxygen atoms in total. The Bertz CT molecular complexity index is 1320. The maximum Gasteiger partial charge on any atom is 0.151 e. The fourth-order valence-corrected chi connectivity index (χ4v) is 5.91. The van der Waals surface area contributed by atoms with Crippen LogP contribution in [0.3, 0.4) is 0 Å². The van der Waals surface area contributed by atoms with Gasteiger partial charge in [0.15, 0.2) is 5.65 Å². The first-order valence-electron chi connectivity index (χ1n) is 13.3. The highest BCUT2D eigenvalue weighted by Gasteiger charge is 2.22. The van der Waals surface area contributed by atoms with Gasteiger partial charge < -0.3 is 10.2 Å². The molecule has 5 heteroatoms. The first kappa shape index (κ1) is 23.8. The van der Waals surface area contributed by atoms with E-state index < -0.39 is 0 Å². The molecule has 2 aromatic heterocycles. The number of fused-ring (bicyclic) bond motifs is 3. The minimum absolute atomic E-state index is 0.388. The van der Waals surface area contributed by atoms with E-state index in [-0.39, 0.29) is 0 Å².